The summed E-state index contributed by atoms with van der Waals surface area (Å²) in [4.78, 5) is 11.0. The van der Waals surface area contributed by atoms with Crippen molar-refractivity contribution < 1.29 is 4.74 Å². The Labute approximate surface area is 129 Å². The Morgan fingerprint density at radius 1 is 1.33 bits per heavy atom. The standard InChI is InChI=1S/C16H18ClN3O/c1-2-10-21-15-6-8-18-16(19-15)20-9-7-12-4-3-5-14(17)13(12)11-20/h3-6,8H,2,7,9-11H2,1H3. The molecular weight excluding hydrogens is 286 g/mol. The molecular formula is C16H18ClN3O. The number of halogens is 1. The fourth-order valence-electron chi connectivity index (χ4n) is 2.48. The molecule has 2 aromatic rings. The molecule has 0 amide bonds. The molecule has 0 N–H and O–H groups in total. The van der Waals surface area contributed by atoms with Crippen LogP contribution >= 0.6 is 11.6 Å². The third kappa shape index (κ3) is 3.10. The minimum Gasteiger partial charge on any atom is -0.478 e. The summed E-state index contributed by atoms with van der Waals surface area (Å²) in [6.45, 7) is 4.38. The van der Waals surface area contributed by atoms with Gasteiger partial charge in [0.15, 0.2) is 0 Å². The van der Waals surface area contributed by atoms with Crippen LogP contribution in [0.4, 0.5) is 5.95 Å². The van der Waals surface area contributed by atoms with Crippen LogP contribution in [0.25, 0.3) is 0 Å². The van der Waals surface area contributed by atoms with E-state index in [9.17, 15) is 0 Å². The van der Waals surface area contributed by atoms with Crippen LogP contribution in [0, 0.1) is 0 Å². The SMILES string of the molecule is CCCOc1ccnc(N2CCc3cccc(Cl)c3C2)n1. The highest BCUT2D eigenvalue weighted by Crippen LogP contribution is 2.28. The molecule has 3 rings (SSSR count). The average Bonchev–Trinajstić information content (AvgIpc) is 2.53. The van der Waals surface area contributed by atoms with Crippen molar-refractivity contribution in [3.05, 3.63) is 46.6 Å². The van der Waals surface area contributed by atoms with Crippen LogP contribution in [0.1, 0.15) is 24.5 Å². The van der Waals surface area contributed by atoms with E-state index in [0.29, 0.717) is 18.4 Å². The zero-order valence-electron chi connectivity index (χ0n) is 12.1. The number of nitrogens with zero attached hydrogens (tertiary/aromatic N) is 3. The van der Waals surface area contributed by atoms with E-state index >= 15 is 0 Å². The smallest absolute Gasteiger partial charge is 0.228 e. The molecule has 0 bridgehead atoms. The van der Waals surface area contributed by atoms with Crippen LogP contribution in [-0.2, 0) is 13.0 Å². The number of hydrogen-bond donors (Lipinski definition) is 0. The molecule has 0 spiro atoms. The Morgan fingerprint density at radius 3 is 3.10 bits per heavy atom. The van der Waals surface area contributed by atoms with Gasteiger partial charge >= 0.3 is 0 Å². The van der Waals surface area contributed by atoms with E-state index in [1.54, 1.807) is 12.3 Å². The zero-order chi connectivity index (χ0) is 14.7. The molecule has 110 valence electrons. The maximum atomic E-state index is 6.30. The van der Waals surface area contributed by atoms with Crippen molar-refractivity contribution in [2.75, 3.05) is 18.1 Å². The predicted molar refractivity (Wildman–Crippen MR) is 84.0 cm³/mol. The normalized spacial score (nSPS) is 13.9. The first-order valence-electron chi connectivity index (χ1n) is 7.25. The Kier molecular flexibility index (Phi) is 4.25. The summed E-state index contributed by atoms with van der Waals surface area (Å²) >= 11 is 6.30. The Balaban J connectivity index is 1.81. The maximum Gasteiger partial charge on any atom is 0.228 e. The maximum absolute atomic E-state index is 6.30. The van der Waals surface area contributed by atoms with E-state index in [4.69, 9.17) is 16.3 Å². The molecule has 0 fully saturated rings. The second-order valence-electron chi connectivity index (χ2n) is 5.09. The molecule has 0 unspecified atom stereocenters. The van der Waals surface area contributed by atoms with Crippen LogP contribution in [0.3, 0.4) is 0 Å². The highest BCUT2D eigenvalue weighted by Gasteiger charge is 2.20. The third-order valence-electron chi connectivity index (χ3n) is 3.57. The molecule has 0 radical (unpaired) electrons. The molecule has 0 saturated carbocycles. The van der Waals surface area contributed by atoms with E-state index in [0.717, 1.165) is 31.0 Å². The van der Waals surface area contributed by atoms with Gasteiger partial charge in [0, 0.05) is 30.4 Å². The van der Waals surface area contributed by atoms with Crippen molar-refractivity contribution in [3.8, 4) is 5.88 Å². The van der Waals surface area contributed by atoms with Crippen LogP contribution in [0.15, 0.2) is 30.5 Å². The third-order valence-corrected chi connectivity index (χ3v) is 3.92. The lowest BCUT2D eigenvalue weighted by Gasteiger charge is -2.29. The van der Waals surface area contributed by atoms with Gasteiger partial charge in [0.05, 0.1) is 6.61 Å². The van der Waals surface area contributed by atoms with Gasteiger partial charge < -0.3 is 9.64 Å². The van der Waals surface area contributed by atoms with Crippen molar-refractivity contribution in [2.45, 2.75) is 26.3 Å². The van der Waals surface area contributed by atoms with Crippen LogP contribution in [0.5, 0.6) is 5.88 Å². The molecule has 1 aromatic carbocycles. The molecule has 5 heteroatoms. The number of anilines is 1. The van der Waals surface area contributed by atoms with Gasteiger partial charge in [-0.25, -0.2) is 4.98 Å². The zero-order valence-corrected chi connectivity index (χ0v) is 12.8. The van der Waals surface area contributed by atoms with Gasteiger partial charge in [-0.05, 0) is 30.0 Å². The van der Waals surface area contributed by atoms with Crippen LogP contribution in [-0.4, -0.2) is 23.1 Å². The van der Waals surface area contributed by atoms with Crippen molar-refractivity contribution in [3.63, 3.8) is 0 Å². The van der Waals surface area contributed by atoms with E-state index in [-0.39, 0.29) is 0 Å². The van der Waals surface area contributed by atoms with Crippen molar-refractivity contribution >= 4 is 17.5 Å². The van der Waals surface area contributed by atoms with Gasteiger partial charge in [-0.15, -0.1) is 0 Å². The second-order valence-corrected chi connectivity index (χ2v) is 5.50. The molecule has 4 nitrogen and oxygen atoms in total. The molecule has 2 heterocycles. The summed E-state index contributed by atoms with van der Waals surface area (Å²) in [5, 5.41) is 0.815. The first-order valence-corrected chi connectivity index (χ1v) is 7.63. The van der Waals surface area contributed by atoms with Gasteiger partial charge in [-0.2, -0.15) is 4.98 Å². The predicted octanol–water partition coefficient (Wildman–Crippen LogP) is 3.48. The second kappa shape index (κ2) is 6.31. The molecule has 0 aliphatic carbocycles. The molecule has 0 saturated heterocycles. The van der Waals surface area contributed by atoms with Crippen molar-refractivity contribution in [1.29, 1.82) is 0 Å². The van der Waals surface area contributed by atoms with Crippen molar-refractivity contribution in [1.82, 2.24) is 9.97 Å². The monoisotopic (exact) mass is 303 g/mol. The van der Waals surface area contributed by atoms with E-state index in [1.165, 1.54) is 11.1 Å². The quantitative estimate of drug-likeness (QED) is 0.867. The first kappa shape index (κ1) is 14.1. The van der Waals surface area contributed by atoms with E-state index in [2.05, 4.69) is 27.9 Å². The fraction of sp³-hybridized carbons (Fsp3) is 0.375. The lowest BCUT2D eigenvalue weighted by atomic mass is 10.00. The Bertz CT molecular complexity index is 633. The molecule has 1 aromatic heterocycles. The minimum atomic E-state index is 0.631. The summed E-state index contributed by atoms with van der Waals surface area (Å²) in [6.07, 6.45) is 3.67. The van der Waals surface area contributed by atoms with Gasteiger partial charge in [0.2, 0.25) is 11.8 Å². The summed E-state index contributed by atoms with van der Waals surface area (Å²) in [6, 6.07) is 7.88. The number of aromatic nitrogens is 2. The highest BCUT2D eigenvalue weighted by atomic mass is 35.5. The lowest BCUT2D eigenvalue weighted by molar-refractivity contribution is 0.304. The molecule has 0 atom stereocenters. The number of hydrogen-bond acceptors (Lipinski definition) is 4. The summed E-state index contributed by atoms with van der Waals surface area (Å²) in [7, 11) is 0. The Hall–Kier alpha value is -1.81. The summed E-state index contributed by atoms with van der Waals surface area (Å²) in [5.41, 5.74) is 2.49. The number of benzene rings is 1. The van der Waals surface area contributed by atoms with Crippen LogP contribution < -0.4 is 9.64 Å². The van der Waals surface area contributed by atoms with E-state index < -0.39 is 0 Å². The molecule has 1 aliphatic heterocycles. The van der Waals surface area contributed by atoms with Gasteiger partial charge in [0.25, 0.3) is 0 Å². The minimum absolute atomic E-state index is 0.631. The summed E-state index contributed by atoms with van der Waals surface area (Å²) in [5.74, 6) is 1.33. The molecule has 1 aliphatic rings. The lowest BCUT2D eigenvalue weighted by Crippen LogP contribution is -2.32. The van der Waals surface area contributed by atoms with Crippen molar-refractivity contribution in [2.24, 2.45) is 0 Å². The largest absolute Gasteiger partial charge is 0.478 e. The van der Waals surface area contributed by atoms with Gasteiger partial charge in [0.1, 0.15) is 0 Å². The fourth-order valence-corrected chi connectivity index (χ4v) is 2.74. The topological polar surface area (TPSA) is 38.2 Å². The number of fused-ring (bicyclic) bond motifs is 1. The van der Waals surface area contributed by atoms with Gasteiger partial charge in [-0.1, -0.05) is 30.7 Å². The Morgan fingerprint density at radius 2 is 2.24 bits per heavy atom. The van der Waals surface area contributed by atoms with Crippen LogP contribution in [0.2, 0.25) is 5.02 Å². The summed E-state index contributed by atoms with van der Waals surface area (Å²) < 4.78 is 5.58. The average molecular weight is 304 g/mol. The van der Waals surface area contributed by atoms with Gasteiger partial charge in [-0.3, -0.25) is 0 Å². The first-order chi connectivity index (χ1) is 10.3. The highest BCUT2D eigenvalue weighted by molar-refractivity contribution is 6.31. The number of rotatable bonds is 4. The number of ether oxygens (including phenoxy) is 1. The van der Waals surface area contributed by atoms with E-state index in [1.807, 2.05) is 12.1 Å². The molecule has 21 heavy (non-hydrogen) atoms.